The molecule has 1 aromatic heterocycles. The smallest absolute Gasteiger partial charge is 0.143 e. The zero-order chi connectivity index (χ0) is 15.4. The third-order valence-corrected chi connectivity index (χ3v) is 4.05. The van der Waals surface area contributed by atoms with Gasteiger partial charge in [-0.15, -0.1) is 0 Å². The topological polar surface area (TPSA) is 24.9 Å². The van der Waals surface area contributed by atoms with E-state index in [9.17, 15) is 8.78 Å². The van der Waals surface area contributed by atoms with Crippen molar-refractivity contribution in [2.75, 3.05) is 6.54 Å². The predicted octanol–water partition coefficient (Wildman–Crippen LogP) is 4.32. The Balaban J connectivity index is 2.38. The Morgan fingerprint density at radius 2 is 2.05 bits per heavy atom. The van der Waals surface area contributed by atoms with E-state index in [2.05, 4.69) is 26.2 Å². The maximum Gasteiger partial charge on any atom is 0.143 e. The second-order valence-electron chi connectivity index (χ2n) is 4.87. The van der Waals surface area contributed by atoms with Crippen molar-refractivity contribution in [2.45, 2.75) is 26.3 Å². The predicted molar refractivity (Wildman–Crippen MR) is 83.2 cm³/mol. The van der Waals surface area contributed by atoms with E-state index in [4.69, 9.17) is 0 Å². The fourth-order valence-corrected chi connectivity index (χ4v) is 2.75. The Hall–Kier alpha value is -1.33. The number of likely N-dealkylation sites (N-methyl/N-ethyl adjacent to an activating group) is 1. The largest absolute Gasteiger partial charge is 0.310 e. The lowest BCUT2D eigenvalue weighted by atomic mass is 9.96. The summed E-state index contributed by atoms with van der Waals surface area (Å²) < 4.78 is 28.4. The first-order valence-electron chi connectivity index (χ1n) is 6.80. The lowest BCUT2D eigenvalue weighted by Gasteiger charge is -2.21. The highest BCUT2D eigenvalue weighted by Gasteiger charge is 2.19. The number of nitrogens with one attached hydrogen (secondary N) is 1. The lowest BCUT2D eigenvalue weighted by molar-refractivity contribution is 0.496. The molecule has 1 atom stereocenters. The normalized spacial score (nSPS) is 12.4. The Kier molecular flexibility index (Phi) is 5.42. The lowest BCUT2D eigenvalue weighted by Crippen LogP contribution is -2.24. The molecule has 0 spiro atoms. The van der Waals surface area contributed by atoms with E-state index < -0.39 is 11.6 Å². The average molecular weight is 355 g/mol. The molecule has 1 unspecified atom stereocenters. The molecule has 0 fully saturated rings. The second kappa shape index (κ2) is 7.09. The van der Waals surface area contributed by atoms with Gasteiger partial charge >= 0.3 is 0 Å². The molecule has 2 rings (SSSR count). The van der Waals surface area contributed by atoms with Gasteiger partial charge in [0.25, 0.3) is 0 Å². The molecular weight excluding hydrogens is 338 g/mol. The molecule has 0 saturated carbocycles. The SMILES string of the molecule is CCNC(Cc1c(F)ccc(Br)c1F)c1ccncc1C. The fourth-order valence-electron chi connectivity index (χ4n) is 2.37. The molecule has 1 aromatic carbocycles. The first kappa shape index (κ1) is 16.0. The van der Waals surface area contributed by atoms with Crippen molar-refractivity contribution in [3.05, 3.63) is 63.4 Å². The Morgan fingerprint density at radius 3 is 2.71 bits per heavy atom. The van der Waals surface area contributed by atoms with Crippen molar-refractivity contribution in [3.63, 3.8) is 0 Å². The minimum atomic E-state index is -0.537. The summed E-state index contributed by atoms with van der Waals surface area (Å²) in [5.74, 6) is -1.06. The number of hydrogen-bond donors (Lipinski definition) is 1. The number of pyridine rings is 1. The molecule has 0 aliphatic carbocycles. The van der Waals surface area contributed by atoms with Gasteiger partial charge in [0.05, 0.1) is 4.47 Å². The van der Waals surface area contributed by atoms with Crippen LogP contribution >= 0.6 is 15.9 Å². The number of hydrogen-bond acceptors (Lipinski definition) is 2. The Morgan fingerprint density at radius 1 is 1.29 bits per heavy atom. The summed E-state index contributed by atoms with van der Waals surface area (Å²) in [6.07, 6.45) is 3.70. The van der Waals surface area contributed by atoms with Crippen molar-refractivity contribution < 1.29 is 8.78 Å². The van der Waals surface area contributed by atoms with Crippen LogP contribution in [0.3, 0.4) is 0 Å². The fraction of sp³-hybridized carbons (Fsp3) is 0.312. The number of rotatable bonds is 5. The van der Waals surface area contributed by atoms with Crippen LogP contribution in [0.25, 0.3) is 0 Å². The van der Waals surface area contributed by atoms with Crippen LogP contribution in [0.1, 0.15) is 29.7 Å². The molecule has 0 radical (unpaired) electrons. The van der Waals surface area contributed by atoms with Crippen LogP contribution in [-0.2, 0) is 6.42 Å². The first-order chi connectivity index (χ1) is 10.0. The van der Waals surface area contributed by atoms with E-state index in [1.54, 1.807) is 12.4 Å². The summed E-state index contributed by atoms with van der Waals surface area (Å²) in [6.45, 7) is 4.63. The van der Waals surface area contributed by atoms with Crippen molar-refractivity contribution >= 4 is 15.9 Å². The van der Waals surface area contributed by atoms with Gasteiger partial charge in [-0.2, -0.15) is 0 Å². The zero-order valence-corrected chi connectivity index (χ0v) is 13.5. The van der Waals surface area contributed by atoms with Crippen molar-refractivity contribution in [2.24, 2.45) is 0 Å². The second-order valence-corrected chi connectivity index (χ2v) is 5.72. The summed E-state index contributed by atoms with van der Waals surface area (Å²) in [5, 5.41) is 3.29. The maximum absolute atomic E-state index is 14.2. The zero-order valence-electron chi connectivity index (χ0n) is 12.0. The molecule has 1 heterocycles. The molecule has 5 heteroatoms. The van der Waals surface area contributed by atoms with Crippen molar-refractivity contribution in [3.8, 4) is 0 Å². The highest BCUT2D eigenvalue weighted by Crippen LogP contribution is 2.27. The van der Waals surface area contributed by atoms with Gasteiger partial charge in [-0.05, 0) is 65.1 Å². The van der Waals surface area contributed by atoms with Crippen LogP contribution in [0, 0.1) is 18.6 Å². The molecule has 21 heavy (non-hydrogen) atoms. The van der Waals surface area contributed by atoms with E-state index in [0.29, 0.717) is 6.54 Å². The van der Waals surface area contributed by atoms with E-state index in [0.717, 1.165) is 11.1 Å². The summed E-state index contributed by atoms with van der Waals surface area (Å²) >= 11 is 3.11. The molecule has 1 N–H and O–H groups in total. The molecule has 2 nitrogen and oxygen atoms in total. The van der Waals surface area contributed by atoms with Gasteiger partial charge in [0, 0.05) is 24.0 Å². The van der Waals surface area contributed by atoms with Crippen LogP contribution in [0.5, 0.6) is 0 Å². The van der Waals surface area contributed by atoms with Crippen LogP contribution in [-0.4, -0.2) is 11.5 Å². The number of halogens is 3. The van der Waals surface area contributed by atoms with Crippen molar-refractivity contribution in [1.29, 1.82) is 0 Å². The minimum absolute atomic E-state index is 0.0894. The summed E-state index contributed by atoms with van der Waals surface area (Å²) in [4.78, 5) is 4.06. The van der Waals surface area contributed by atoms with Crippen LogP contribution < -0.4 is 5.32 Å². The van der Waals surface area contributed by atoms with Gasteiger partial charge in [-0.3, -0.25) is 4.98 Å². The molecule has 2 aromatic rings. The quantitative estimate of drug-likeness (QED) is 0.808. The molecule has 0 aliphatic rings. The monoisotopic (exact) mass is 354 g/mol. The summed E-state index contributed by atoms with van der Waals surface area (Å²) in [6, 6.07) is 4.39. The summed E-state index contributed by atoms with van der Waals surface area (Å²) in [7, 11) is 0. The molecule has 0 aliphatic heterocycles. The van der Waals surface area contributed by atoms with Gasteiger partial charge in [-0.1, -0.05) is 6.92 Å². The van der Waals surface area contributed by atoms with Crippen LogP contribution in [0.2, 0.25) is 0 Å². The van der Waals surface area contributed by atoms with Gasteiger partial charge < -0.3 is 5.32 Å². The van der Waals surface area contributed by atoms with Crippen LogP contribution in [0.15, 0.2) is 35.1 Å². The minimum Gasteiger partial charge on any atom is -0.310 e. The van der Waals surface area contributed by atoms with Gasteiger partial charge in [-0.25, -0.2) is 8.78 Å². The standard InChI is InChI=1S/C16H17BrF2N2/c1-3-21-15(11-6-7-20-9-10(11)2)8-12-14(18)5-4-13(17)16(12)19/h4-7,9,15,21H,3,8H2,1-2H3. The average Bonchev–Trinajstić information content (AvgIpc) is 2.47. The highest BCUT2D eigenvalue weighted by atomic mass is 79.9. The molecule has 112 valence electrons. The highest BCUT2D eigenvalue weighted by molar-refractivity contribution is 9.10. The third kappa shape index (κ3) is 3.66. The van der Waals surface area contributed by atoms with Gasteiger partial charge in [0.1, 0.15) is 11.6 Å². The van der Waals surface area contributed by atoms with E-state index >= 15 is 0 Å². The van der Waals surface area contributed by atoms with E-state index in [1.165, 1.54) is 12.1 Å². The van der Waals surface area contributed by atoms with Crippen molar-refractivity contribution in [1.82, 2.24) is 10.3 Å². The third-order valence-electron chi connectivity index (χ3n) is 3.44. The van der Waals surface area contributed by atoms with Gasteiger partial charge in [0.2, 0.25) is 0 Å². The Labute approximate surface area is 131 Å². The molecule has 0 amide bonds. The number of nitrogens with zero attached hydrogens (tertiary/aromatic N) is 1. The molecule has 0 saturated heterocycles. The molecule has 0 bridgehead atoms. The first-order valence-corrected chi connectivity index (χ1v) is 7.60. The molecular formula is C16H17BrF2N2. The van der Waals surface area contributed by atoms with Crippen LogP contribution in [0.4, 0.5) is 8.78 Å². The summed E-state index contributed by atoms with van der Waals surface area (Å²) in [5.41, 5.74) is 2.09. The maximum atomic E-state index is 14.2. The number of benzene rings is 1. The van der Waals surface area contributed by atoms with E-state index in [-0.39, 0.29) is 22.5 Å². The Bertz CT molecular complexity index is 632. The van der Waals surface area contributed by atoms with Gasteiger partial charge in [0.15, 0.2) is 0 Å². The number of aryl methyl sites for hydroxylation is 1. The van der Waals surface area contributed by atoms with E-state index in [1.807, 2.05) is 19.9 Å². The number of aromatic nitrogens is 1.